The van der Waals surface area contributed by atoms with Crippen LogP contribution in [0.3, 0.4) is 0 Å². The molecule has 0 bridgehead atoms. The van der Waals surface area contributed by atoms with Crippen molar-refractivity contribution in [2.75, 3.05) is 47.1 Å². The highest BCUT2D eigenvalue weighted by molar-refractivity contribution is 5.90. The summed E-state index contributed by atoms with van der Waals surface area (Å²) in [4.78, 5) is 58.1. The van der Waals surface area contributed by atoms with E-state index in [2.05, 4.69) is 22.9 Å². The van der Waals surface area contributed by atoms with Crippen LogP contribution in [-0.2, 0) is 35.1 Å². The van der Waals surface area contributed by atoms with E-state index in [1.165, 1.54) is 0 Å². The third-order valence-electron chi connectivity index (χ3n) is 10.4. The Kier molecular flexibility index (Phi) is 17.7. The van der Waals surface area contributed by atoms with Crippen LogP contribution in [-0.4, -0.2) is 111 Å². The molecule has 1 aliphatic heterocycles. The van der Waals surface area contributed by atoms with Crippen molar-refractivity contribution < 1.29 is 28.7 Å². The van der Waals surface area contributed by atoms with Gasteiger partial charge in [0.15, 0.2) is 0 Å². The number of nitrogens with two attached hydrogens (primary N) is 1. The number of benzene rings is 1. The van der Waals surface area contributed by atoms with Crippen LogP contribution in [0.15, 0.2) is 24.3 Å². The van der Waals surface area contributed by atoms with E-state index in [0.717, 1.165) is 24.8 Å². The van der Waals surface area contributed by atoms with Crippen LogP contribution in [0.2, 0.25) is 0 Å². The molecular formula is C38H66N6O6. The van der Waals surface area contributed by atoms with E-state index in [1.807, 2.05) is 70.7 Å². The lowest BCUT2D eigenvalue weighted by atomic mass is 9.89. The second kappa shape index (κ2) is 20.6. The standard InChI is InChI=1S/C38H66N6O6/c1-12-25(6)34(43(9)38(48)33(24(4)5)42-37(47)32(40-8)23(2)3)30(49-10)22-31(45)44-21-13-14-29(44)35(50-11)26(7)36(46)41-20-19-27-15-17-28(39)18-16-27/h15-18,23-26,29-30,32-35,40H,12-14,19-22,39H2,1-11H3,(H,41,46)(H,42,47). The maximum absolute atomic E-state index is 14.1. The van der Waals surface area contributed by atoms with Crippen LogP contribution in [0.4, 0.5) is 5.69 Å². The van der Waals surface area contributed by atoms with Crippen LogP contribution < -0.4 is 21.7 Å². The first-order chi connectivity index (χ1) is 23.6. The molecule has 1 aromatic rings. The van der Waals surface area contributed by atoms with Crippen LogP contribution in [0.1, 0.15) is 79.7 Å². The van der Waals surface area contributed by atoms with Gasteiger partial charge in [-0.25, -0.2) is 0 Å². The summed E-state index contributed by atoms with van der Waals surface area (Å²) in [6, 6.07) is 5.72. The SMILES string of the molecule is CCC(C)C(C(CC(=O)N1CCCC1C(OC)C(C)C(=O)NCCc1ccc(N)cc1)OC)N(C)C(=O)C(NC(=O)C(NC)C(C)C)C(C)C. The van der Waals surface area contributed by atoms with Crippen molar-refractivity contribution in [3.8, 4) is 0 Å². The summed E-state index contributed by atoms with van der Waals surface area (Å²) in [6.07, 6.45) is 1.93. The number of anilines is 1. The van der Waals surface area contributed by atoms with Gasteiger partial charge in [-0.2, -0.15) is 0 Å². The average molecular weight is 703 g/mol. The van der Waals surface area contributed by atoms with Crippen molar-refractivity contribution >= 4 is 29.3 Å². The number of nitrogens with zero attached hydrogens (tertiary/aromatic N) is 2. The third kappa shape index (κ3) is 11.4. The van der Waals surface area contributed by atoms with Gasteiger partial charge in [0.1, 0.15) is 6.04 Å². The van der Waals surface area contributed by atoms with Crippen molar-refractivity contribution in [2.45, 2.75) is 117 Å². The van der Waals surface area contributed by atoms with Crippen molar-refractivity contribution in [3.05, 3.63) is 29.8 Å². The van der Waals surface area contributed by atoms with Crippen molar-refractivity contribution in [2.24, 2.45) is 23.7 Å². The van der Waals surface area contributed by atoms with Gasteiger partial charge in [-0.05, 0) is 61.8 Å². The molecule has 0 aliphatic carbocycles. The second-order valence-corrected chi connectivity index (χ2v) is 14.6. The fraction of sp³-hybridized carbons (Fsp3) is 0.737. The average Bonchev–Trinajstić information content (AvgIpc) is 3.57. The normalized spacial score (nSPS) is 19.0. The van der Waals surface area contributed by atoms with E-state index < -0.39 is 36.3 Å². The Morgan fingerprint density at radius 1 is 0.960 bits per heavy atom. The summed E-state index contributed by atoms with van der Waals surface area (Å²) < 4.78 is 11.9. The zero-order valence-electron chi connectivity index (χ0n) is 32.5. The van der Waals surface area contributed by atoms with Gasteiger partial charge in [0.05, 0.1) is 42.7 Å². The Bertz CT molecular complexity index is 1230. The number of hydrogen-bond acceptors (Lipinski definition) is 8. The molecule has 1 aromatic carbocycles. The van der Waals surface area contributed by atoms with E-state index >= 15 is 0 Å². The molecule has 8 unspecified atom stereocenters. The lowest BCUT2D eigenvalue weighted by molar-refractivity contribution is -0.147. The molecule has 0 saturated carbocycles. The van der Waals surface area contributed by atoms with E-state index in [0.29, 0.717) is 25.2 Å². The largest absolute Gasteiger partial charge is 0.399 e. The number of carbonyl (C=O) groups is 4. The predicted molar refractivity (Wildman–Crippen MR) is 198 cm³/mol. The van der Waals surface area contributed by atoms with Gasteiger partial charge in [-0.1, -0.05) is 67.0 Å². The van der Waals surface area contributed by atoms with Gasteiger partial charge in [0, 0.05) is 40.0 Å². The molecule has 1 heterocycles. The zero-order valence-corrected chi connectivity index (χ0v) is 32.5. The molecule has 284 valence electrons. The summed E-state index contributed by atoms with van der Waals surface area (Å²) in [5, 5.41) is 9.07. The number of hydrogen-bond donors (Lipinski definition) is 4. The first kappa shape index (κ1) is 42.9. The summed E-state index contributed by atoms with van der Waals surface area (Å²) in [6.45, 7) is 14.7. The molecule has 0 radical (unpaired) electrons. The summed E-state index contributed by atoms with van der Waals surface area (Å²) in [5.74, 6) is -1.27. The maximum Gasteiger partial charge on any atom is 0.245 e. The molecule has 1 aliphatic rings. The first-order valence-electron chi connectivity index (χ1n) is 18.3. The Morgan fingerprint density at radius 2 is 1.58 bits per heavy atom. The molecular weight excluding hydrogens is 636 g/mol. The highest BCUT2D eigenvalue weighted by atomic mass is 16.5. The fourth-order valence-electron chi connectivity index (χ4n) is 7.22. The molecule has 12 nitrogen and oxygen atoms in total. The number of likely N-dealkylation sites (N-methyl/N-ethyl adjacent to an activating group) is 2. The van der Waals surface area contributed by atoms with Crippen LogP contribution >= 0.6 is 0 Å². The molecule has 0 spiro atoms. The smallest absolute Gasteiger partial charge is 0.245 e. The minimum Gasteiger partial charge on any atom is -0.399 e. The van der Waals surface area contributed by atoms with Crippen molar-refractivity contribution in [3.63, 3.8) is 0 Å². The minimum atomic E-state index is -0.744. The van der Waals surface area contributed by atoms with Crippen LogP contribution in [0, 0.1) is 23.7 Å². The molecule has 12 heteroatoms. The third-order valence-corrected chi connectivity index (χ3v) is 10.4. The summed E-state index contributed by atoms with van der Waals surface area (Å²) in [5.41, 5.74) is 7.56. The van der Waals surface area contributed by atoms with Gasteiger partial charge in [-0.15, -0.1) is 0 Å². The predicted octanol–water partition coefficient (Wildman–Crippen LogP) is 3.23. The van der Waals surface area contributed by atoms with E-state index in [9.17, 15) is 19.2 Å². The molecule has 8 atom stereocenters. The Morgan fingerprint density at radius 3 is 2.10 bits per heavy atom. The van der Waals surface area contributed by atoms with Gasteiger partial charge >= 0.3 is 0 Å². The molecule has 1 saturated heterocycles. The topological polar surface area (TPSA) is 155 Å². The number of nitrogen functional groups attached to an aromatic ring is 1. The molecule has 0 aromatic heterocycles. The second-order valence-electron chi connectivity index (χ2n) is 14.6. The Hall–Kier alpha value is -3.22. The van der Waals surface area contributed by atoms with Gasteiger partial charge in [0.25, 0.3) is 0 Å². The number of likely N-dealkylation sites (tertiary alicyclic amines) is 1. The molecule has 2 rings (SSSR count). The Balaban J connectivity index is 2.19. The fourth-order valence-corrected chi connectivity index (χ4v) is 7.22. The van der Waals surface area contributed by atoms with Crippen molar-refractivity contribution in [1.82, 2.24) is 25.8 Å². The number of carbonyl (C=O) groups excluding carboxylic acids is 4. The zero-order chi connectivity index (χ0) is 37.7. The number of methoxy groups -OCH3 is 2. The number of amides is 4. The highest BCUT2D eigenvalue weighted by Gasteiger charge is 2.43. The quantitative estimate of drug-likeness (QED) is 0.151. The first-order valence-corrected chi connectivity index (χ1v) is 18.3. The Labute approximate surface area is 300 Å². The van der Waals surface area contributed by atoms with Crippen LogP contribution in [0.5, 0.6) is 0 Å². The summed E-state index contributed by atoms with van der Waals surface area (Å²) in [7, 11) is 6.64. The van der Waals surface area contributed by atoms with Crippen LogP contribution in [0.25, 0.3) is 0 Å². The van der Waals surface area contributed by atoms with Gasteiger partial charge in [0.2, 0.25) is 23.6 Å². The number of rotatable bonds is 20. The summed E-state index contributed by atoms with van der Waals surface area (Å²) >= 11 is 0. The maximum atomic E-state index is 14.1. The highest BCUT2D eigenvalue weighted by Crippen LogP contribution is 2.29. The van der Waals surface area contributed by atoms with E-state index in [-0.39, 0.29) is 53.8 Å². The molecule has 50 heavy (non-hydrogen) atoms. The monoisotopic (exact) mass is 703 g/mol. The number of nitrogens with one attached hydrogen (secondary N) is 3. The molecule has 5 N–H and O–H groups in total. The van der Waals surface area contributed by atoms with Gasteiger partial charge < -0.3 is 41.0 Å². The van der Waals surface area contributed by atoms with E-state index in [4.69, 9.17) is 15.2 Å². The molecule has 1 fully saturated rings. The minimum absolute atomic E-state index is 0.00370. The van der Waals surface area contributed by atoms with E-state index in [1.54, 1.807) is 33.2 Å². The molecule has 4 amide bonds. The number of ether oxygens (including phenoxy) is 2. The lowest BCUT2D eigenvalue weighted by Crippen LogP contribution is -2.59. The lowest BCUT2D eigenvalue weighted by Gasteiger charge is -2.41. The van der Waals surface area contributed by atoms with Crippen molar-refractivity contribution in [1.29, 1.82) is 0 Å². The van der Waals surface area contributed by atoms with Gasteiger partial charge in [-0.3, -0.25) is 19.2 Å².